The molecule has 33 heavy (non-hydrogen) atoms. The van der Waals surface area contributed by atoms with Crippen molar-refractivity contribution in [1.82, 2.24) is 5.32 Å². The van der Waals surface area contributed by atoms with Gasteiger partial charge in [-0.3, -0.25) is 9.52 Å². The van der Waals surface area contributed by atoms with Gasteiger partial charge in [0.25, 0.3) is 15.9 Å². The number of hydrogen-bond donors (Lipinski definition) is 2. The molecular formula is C25H28N2O5S. The molecule has 0 heterocycles. The second kappa shape index (κ2) is 9.95. The van der Waals surface area contributed by atoms with Gasteiger partial charge in [-0.05, 0) is 68.8 Å². The van der Waals surface area contributed by atoms with Crippen molar-refractivity contribution in [2.45, 2.75) is 31.7 Å². The van der Waals surface area contributed by atoms with Gasteiger partial charge < -0.3 is 14.8 Å². The van der Waals surface area contributed by atoms with E-state index in [1.54, 1.807) is 57.5 Å². The Balaban J connectivity index is 1.86. The second-order valence-corrected chi connectivity index (χ2v) is 9.43. The van der Waals surface area contributed by atoms with E-state index >= 15 is 0 Å². The number of amides is 1. The minimum Gasteiger partial charge on any atom is -0.497 e. The van der Waals surface area contributed by atoms with E-state index in [-0.39, 0.29) is 10.5 Å². The highest BCUT2D eigenvalue weighted by atomic mass is 32.2. The number of ether oxygens (including phenoxy) is 2. The highest BCUT2D eigenvalue weighted by molar-refractivity contribution is 7.92. The Labute approximate surface area is 194 Å². The number of nitrogens with one attached hydrogen (secondary N) is 2. The average Bonchev–Trinajstić information content (AvgIpc) is 2.80. The largest absolute Gasteiger partial charge is 0.497 e. The number of carbonyl (C=O) groups excluding carboxylic acids is 1. The number of hydrogen-bond acceptors (Lipinski definition) is 5. The molecule has 0 bridgehead atoms. The molecule has 0 radical (unpaired) electrons. The normalized spacial score (nSPS) is 12.0. The van der Waals surface area contributed by atoms with Gasteiger partial charge in [-0.2, -0.15) is 0 Å². The smallest absolute Gasteiger partial charge is 0.261 e. The molecule has 2 N–H and O–H groups in total. The molecule has 1 unspecified atom stereocenters. The Hall–Kier alpha value is -3.52. The van der Waals surface area contributed by atoms with Crippen molar-refractivity contribution in [3.63, 3.8) is 0 Å². The molecule has 0 saturated carbocycles. The van der Waals surface area contributed by atoms with Crippen LogP contribution < -0.4 is 19.5 Å². The SMILES string of the molecule is COc1ccc(OC)c(C(C)NC(=O)c2cc(S(=O)(=O)Nc3ccc(C)cc3)ccc2C)c1. The third kappa shape index (κ3) is 5.64. The average molecular weight is 469 g/mol. The molecule has 0 aromatic heterocycles. The summed E-state index contributed by atoms with van der Waals surface area (Å²) in [4.78, 5) is 13.1. The molecule has 1 atom stereocenters. The van der Waals surface area contributed by atoms with Crippen molar-refractivity contribution in [2.24, 2.45) is 0 Å². The van der Waals surface area contributed by atoms with E-state index in [9.17, 15) is 13.2 Å². The van der Waals surface area contributed by atoms with Gasteiger partial charge in [0, 0.05) is 16.8 Å². The molecule has 0 aliphatic heterocycles. The van der Waals surface area contributed by atoms with Gasteiger partial charge >= 0.3 is 0 Å². The Bertz CT molecular complexity index is 1250. The number of methoxy groups -OCH3 is 2. The lowest BCUT2D eigenvalue weighted by Crippen LogP contribution is -2.28. The van der Waals surface area contributed by atoms with E-state index < -0.39 is 22.0 Å². The molecule has 0 spiro atoms. The lowest BCUT2D eigenvalue weighted by Gasteiger charge is -2.19. The topological polar surface area (TPSA) is 93.7 Å². The predicted octanol–water partition coefficient (Wildman–Crippen LogP) is 4.61. The zero-order valence-electron chi connectivity index (χ0n) is 19.3. The van der Waals surface area contributed by atoms with E-state index in [0.29, 0.717) is 22.7 Å². The van der Waals surface area contributed by atoms with Crippen LogP contribution in [0.1, 0.15) is 40.0 Å². The molecule has 0 fully saturated rings. The van der Waals surface area contributed by atoms with Crippen LogP contribution in [0.4, 0.5) is 5.69 Å². The predicted molar refractivity (Wildman–Crippen MR) is 129 cm³/mol. The van der Waals surface area contributed by atoms with Crippen LogP contribution in [0, 0.1) is 13.8 Å². The Morgan fingerprint density at radius 2 is 1.61 bits per heavy atom. The molecule has 3 aromatic rings. The molecule has 7 nitrogen and oxygen atoms in total. The summed E-state index contributed by atoms with van der Waals surface area (Å²) in [7, 11) is -0.747. The van der Waals surface area contributed by atoms with Crippen LogP contribution in [0.15, 0.2) is 65.6 Å². The maximum Gasteiger partial charge on any atom is 0.261 e. The molecule has 3 aromatic carbocycles. The fraction of sp³-hybridized carbons (Fsp3) is 0.240. The molecule has 8 heteroatoms. The minimum absolute atomic E-state index is 0.00504. The van der Waals surface area contributed by atoms with E-state index in [1.807, 2.05) is 26.0 Å². The van der Waals surface area contributed by atoms with Gasteiger partial charge in [-0.1, -0.05) is 23.8 Å². The third-order valence-corrected chi connectivity index (χ3v) is 6.70. The Morgan fingerprint density at radius 3 is 2.24 bits per heavy atom. The van der Waals surface area contributed by atoms with Crippen LogP contribution in [-0.2, 0) is 10.0 Å². The Kier molecular flexibility index (Phi) is 7.28. The first-order valence-corrected chi connectivity index (χ1v) is 11.9. The van der Waals surface area contributed by atoms with E-state index in [1.165, 1.54) is 12.1 Å². The molecule has 0 aliphatic carbocycles. The summed E-state index contributed by atoms with van der Waals surface area (Å²) in [6, 6.07) is 16.4. The first-order valence-electron chi connectivity index (χ1n) is 10.4. The molecule has 0 aliphatic rings. The number of carbonyl (C=O) groups is 1. The zero-order chi connectivity index (χ0) is 24.2. The number of benzene rings is 3. The van der Waals surface area contributed by atoms with Gasteiger partial charge in [0.2, 0.25) is 0 Å². The van der Waals surface area contributed by atoms with Gasteiger partial charge in [-0.25, -0.2) is 8.42 Å². The first-order chi connectivity index (χ1) is 15.6. The van der Waals surface area contributed by atoms with Crippen LogP contribution in [0.3, 0.4) is 0 Å². The summed E-state index contributed by atoms with van der Waals surface area (Å²) in [6.45, 7) is 5.50. The van der Waals surface area contributed by atoms with Crippen LogP contribution in [0.25, 0.3) is 0 Å². The van der Waals surface area contributed by atoms with Crippen molar-refractivity contribution in [2.75, 3.05) is 18.9 Å². The third-order valence-electron chi connectivity index (χ3n) is 5.32. The van der Waals surface area contributed by atoms with Crippen molar-refractivity contribution >= 4 is 21.6 Å². The fourth-order valence-electron chi connectivity index (χ4n) is 3.38. The quantitative estimate of drug-likeness (QED) is 0.503. The monoisotopic (exact) mass is 468 g/mol. The number of rotatable bonds is 8. The summed E-state index contributed by atoms with van der Waals surface area (Å²) < 4.78 is 39.0. The lowest BCUT2D eigenvalue weighted by atomic mass is 10.0. The first kappa shape index (κ1) is 24.1. The maximum absolute atomic E-state index is 13.1. The molecule has 0 saturated heterocycles. The highest BCUT2D eigenvalue weighted by Gasteiger charge is 2.21. The molecular weight excluding hydrogens is 440 g/mol. The van der Waals surface area contributed by atoms with E-state index in [0.717, 1.165) is 11.1 Å². The summed E-state index contributed by atoms with van der Waals surface area (Å²) >= 11 is 0. The van der Waals surface area contributed by atoms with Gasteiger partial charge in [0.1, 0.15) is 11.5 Å². The Morgan fingerprint density at radius 1 is 0.909 bits per heavy atom. The summed E-state index contributed by atoms with van der Waals surface area (Å²) in [5, 5.41) is 2.92. The van der Waals surface area contributed by atoms with Crippen LogP contribution in [0.5, 0.6) is 11.5 Å². The molecule has 174 valence electrons. The zero-order valence-corrected chi connectivity index (χ0v) is 20.1. The van der Waals surface area contributed by atoms with E-state index in [4.69, 9.17) is 9.47 Å². The minimum atomic E-state index is -3.87. The highest BCUT2D eigenvalue weighted by Crippen LogP contribution is 2.29. The van der Waals surface area contributed by atoms with E-state index in [2.05, 4.69) is 10.0 Å². The summed E-state index contributed by atoms with van der Waals surface area (Å²) in [5.41, 5.74) is 3.15. The number of sulfonamides is 1. The van der Waals surface area contributed by atoms with Crippen molar-refractivity contribution in [1.29, 1.82) is 0 Å². The summed E-state index contributed by atoms with van der Waals surface area (Å²) in [5.74, 6) is 0.856. The van der Waals surface area contributed by atoms with Crippen molar-refractivity contribution < 1.29 is 22.7 Å². The lowest BCUT2D eigenvalue weighted by molar-refractivity contribution is 0.0938. The fourth-order valence-corrected chi connectivity index (χ4v) is 4.46. The standard InChI is InChI=1S/C25H28N2O5S/c1-16-6-9-19(10-7-16)27-33(29,30)21-12-8-17(2)22(15-21)25(28)26-18(3)23-14-20(31-4)11-13-24(23)32-5/h6-15,18,27H,1-5H3,(H,26,28). The van der Waals surface area contributed by atoms with Crippen molar-refractivity contribution in [3.05, 3.63) is 82.9 Å². The summed E-state index contributed by atoms with van der Waals surface area (Å²) in [6.07, 6.45) is 0. The van der Waals surface area contributed by atoms with Crippen molar-refractivity contribution in [3.8, 4) is 11.5 Å². The second-order valence-electron chi connectivity index (χ2n) is 7.75. The van der Waals surface area contributed by atoms with Crippen LogP contribution in [0.2, 0.25) is 0 Å². The number of aryl methyl sites for hydroxylation is 2. The molecule has 3 rings (SSSR count). The van der Waals surface area contributed by atoms with Crippen LogP contribution in [-0.4, -0.2) is 28.5 Å². The maximum atomic E-state index is 13.1. The van der Waals surface area contributed by atoms with Crippen LogP contribution >= 0.6 is 0 Å². The van der Waals surface area contributed by atoms with Gasteiger partial charge in [0.15, 0.2) is 0 Å². The van der Waals surface area contributed by atoms with Gasteiger partial charge in [-0.15, -0.1) is 0 Å². The molecule has 1 amide bonds. The van der Waals surface area contributed by atoms with Gasteiger partial charge in [0.05, 0.1) is 25.2 Å². The number of anilines is 1.